The highest BCUT2D eigenvalue weighted by Crippen LogP contribution is 2.22. The predicted octanol–water partition coefficient (Wildman–Crippen LogP) is 1.65. The minimum Gasteiger partial charge on any atom is -0.394 e. The average Bonchev–Trinajstić information content (AvgIpc) is 3.05. The first kappa shape index (κ1) is 16.6. The average molecular weight is 329 g/mol. The largest absolute Gasteiger partial charge is 0.394 e. The third-order valence-electron chi connectivity index (χ3n) is 4.46. The number of aromatic nitrogens is 2. The van der Waals surface area contributed by atoms with Gasteiger partial charge in [-0.1, -0.05) is 32.0 Å². The lowest BCUT2D eigenvalue weighted by Gasteiger charge is -2.23. The zero-order chi connectivity index (χ0) is 17.3. The number of likely N-dealkylation sites (tertiary alicyclic amines) is 1. The van der Waals surface area contributed by atoms with Crippen LogP contribution in [0.2, 0.25) is 0 Å². The molecule has 3 rings (SSSR count). The van der Waals surface area contributed by atoms with Crippen LogP contribution in [-0.4, -0.2) is 44.9 Å². The van der Waals surface area contributed by atoms with Gasteiger partial charge < -0.3 is 10.0 Å². The van der Waals surface area contributed by atoms with Gasteiger partial charge in [0, 0.05) is 18.5 Å². The molecule has 6 heteroatoms. The number of nitrogens with zero attached hydrogens (tertiary/aromatic N) is 3. The minimum atomic E-state index is -0.208. The fourth-order valence-electron chi connectivity index (χ4n) is 3.29. The van der Waals surface area contributed by atoms with Crippen LogP contribution in [0.25, 0.3) is 10.8 Å². The Bertz CT molecular complexity index is 813. The van der Waals surface area contributed by atoms with E-state index in [9.17, 15) is 14.7 Å². The van der Waals surface area contributed by atoms with Gasteiger partial charge in [0.25, 0.3) is 11.5 Å². The van der Waals surface area contributed by atoms with E-state index in [4.69, 9.17) is 0 Å². The molecule has 1 amide bonds. The summed E-state index contributed by atoms with van der Waals surface area (Å²) >= 11 is 0. The Balaban J connectivity index is 2.14. The van der Waals surface area contributed by atoms with Crippen molar-refractivity contribution < 1.29 is 9.90 Å². The number of aliphatic hydroxyl groups excluding tert-OH is 1. The van der Waals surface area contributed by atoms with E-state index in [1.807, 2.05) is 13.8 Å². The summed E-state index contributed by atoms with van der Waals surface area (Å²) in [6.45, 7) is 5.05. The standard InChI is InChI=1S/C18H23N3O3/c1-12(2)10-21-17(23)15-8-4-3-7-14(15)16(19-21)18(24)20-9-5-6-13(20)11-22/h3-4,7-8,12-13,22H,5-6,9-11H2,1-2H3/t13-/m1/s1. The van der Waals surface area contributed by atoms with E-state index in [0.717, 1.165) is 12.8 Å². The van der Waals surface area contributed by atoms with Crippen molar-refractivity contribution >= 4 is 16.7 Å². The van der Waals surface area contributed by atoms with Gasteiger partial charge in [-0.3, -0.25) is 9.59 Å². The number of amides is 1. The molecule has 24 heavy (non-hydrogen) atoms. The van der Waals surface area contributed by atoms with Crippen LogP contribution in [0.15, 0.2) is 29.1 Å². The van der Waals surface area contributed by atoms with Crippen molar-refractivity contribution in [2.24, 2.45) is 5.92 Å². The predicted molar refractivity (Wildman–Crippen MR) is 92.0 cm³/mol. The quantitative estimate of drug-likeness (QED) is 0.925. The first-order valence-electron chi connectivity index (χ1n) is 8.44. The molecule has 0 aliphatic carbocycles. The normalized spacial score (nSPS) is 17.8. The summed E-state index contributed by atoms with van der Waals surface area (Å²) in [7, 11) is 0. The monoisotopic (exact) mass is 329 g/mol. The molecule has 128 valence electrons. The Hall–Kier alpha value is -2.21. The first-order chi connectivity index (χ1) is 11.5. The first-order valence-corrected chi connectivity index (χ1v) is 8.44. The number of carbonyl (C=O) groups is 1. The highest BCUT2D eigenvalue weighted by molar-refractivity contribution is 6.05. The molecule has 0 bridgehead atoms. The van der Waals surface area contributed by atoms with Gasteiger partial charge in [0.15, 0.2) is 5.69 Å². The van der Waals surface area contributed by atoms with Crippen molar-refractivity contribution in [2.75, 3.05) is 13.2 Å². The summed E-state index contributed by atoms with van der Waals surface area (Å²) in [6, 6.07) is 6.94. The topological polar surface area (TPSA) is 75.4 Å². The Labute approximate surface area is 140 Å². The van der Waals surface area contributed by atoms with Crippen molar-refractivity contribution in [3.05, 3.63) is 40.3 Å². The third-order valence-corrected chi connectivity index (χ3v) is 4.46. The maximum atomic E-state index is 13.0. The van der Waals surface area contributed by atoms with Gasteiger partial charge in [0.2, 0.25) is 0 Å². The second kappa shape index (κ2) is 6.73. The van der Waals surface area contributed by atoms with Gasteiger partial charge in [-0.25, -0.2) is 4.68 Å². The molecule has 1 aromatic heterocycles. The summed E-state index contributed by atoms with van der Waals surface area (Å²) in [5.41, 5.74) is 0.127. The van der Waals surface area contributed by atoms with Crippen molar-refractivity contribution in [3.8, 4) is 0 Å². The van der Waals surface area contributed by atoms with E-state index in [1.165, 1.54) is 4.68 Å². The fourth-order valence-corrected chi connectivity index (χ4v) is 3.29. The molecular weight excluding hydrogens is 306 g/mol. The highest BCUT2D eigenvalue weighted by Gasteiger charge is 2.31. The molecule has 1 aliphatic heterocycles. The number of hydrogen-bond acceptors (Lipinski definition) is 4. The summed E-state index contributed by atoms with van der Waals surface area (Å²) in [6.07, 6.45) is 1.67. The van der Waals surface area contributed by atoms with Gasteiger partial charge in [0.1, 0.15) is 0 Å². The molecule has 2 aromatic rings. The van der Waals surface area contributed by atoms with Gasteiger partial charge in [0.05, 0.1) is 18.0 Å². The van der Waals surface area contributed by atoms with E-state index in [0.29, 0.717) is 29.6 Å². The summed E-state index contributed by atoms with van der Waals surface area (Å²) < 4.78 is 1.39. The molecule has 0 saturated carbocycles. The zero-order valence-electron chi connectivity index (χ0n) is 14.1. The van der Waals surface area contributed by atoms with Crippen LogP contribution in [0.4, 0.5) is 0 Å². The van der Waals surface area contributed by atoms with Crippen molar-refractivity contribution in [1.82, 2.24) is 14.7 Å². The van der Waals surface area contributed by atoms with Gasteiger partial charge in [-0.15, -0.1) is 0 Å². The van der Waals surface area contributed by atoms with Crippen LogP contribution in [0.3, 0.4) is 0 Å². The van der Waals surface area contributed by atoms with Gasteiger partial charge in [-0.2, -0.15) is 5.10 Å². The summed E-state index contributed by atoms with van der Waals surface area (Å²) in [5, 5.41) is 15.0. The molecule has 1 saturated heterocycles. The van der Waals surface area contributed by atoms with E-state index in [2.05, 4.69) is 5.10 Å². The second-order valence-electron chi connectivity index (χ2n) is 6.75. The lowest BCUT2D eigenvalue weighted by Crippen LogP contribution is -2.39. The van der Waals surface area contributed by atoms with Crippen molar-refractivity contribution in [2.45, 2.75) is 39.3 Å². The van der Waals surface area contributed by atoms with E-state index in [1.54, 1.807) is 29.2 Å². The SMILES string of the molecule is CC(C)Cn1nc(C(=O)N2CCC[C@@H]2CO)c2ccccc2c1=O. The molecule has 0 spiro atoms. The molecule has 1 N–H and O–H groups in total. The zero-order valence-corrected chi connectivity index (χ0v) is 14.1. The Morgan fingerprint density at radius 1 is 1.33 bits per heavy atom. The maximum absolute atomic E-state index is 13.0. The number of fused-ring (bicyclic) bond motifs is 1. The van der Waals surface area contributed by atoms with Gasteiger partial charge in [-0.05, 0) is 24.8 Å². The second-order valence-corrected chi connectivity index (χ2v) is 6.75. The summed E-state index contributed by atoms with van der Waals surface area (Å²) in [4.78, 5) is 27.3. The van der Waals surface area contributed by atoms with E-state index in [-0.39, 0.29) is 30.0 Å². The smallest absolute Gasteiger partial charge is 0.275 e. The molecule has 0 unspecified atom stereocenters. The molecule has 1 fully saturated rings. The molecule has 1 atom stereocenters. The third kappa shape index (κ3) is 2.94. The Morgan fingerprint density at radius 3 is 2.71 bits per heavy atom. The van der Waals surface area contributed by atoms with Crippen LogP contribution in [-0.2, 0) is 6.54 Å². The Kier molecular flexibility index (Phi) is 4.66. The number of benzene rings is 1. The molecule has 1 aliphatic rings. The molecule has 6 nitrogen and oxygen atoms in total. The van der Waals surface area contributed by atoms with Crippen molar-refractivity contribution in [3.63, 3.8) is 0 Å². The molecular formula is C18H23N3O3. The van der Waals surface area contributed by atoms with E-state index < -0.39 is 0 Å². The number of rotatable bonds is 4. The van der Waals surface area contributed by atoms with Crippen LogP contribution < -0.4 is 5.56 Å². The highest BCUT2D eigenvalue weighted by atomic mass is 16.3. The molecule has 2 heterocycles. The van der Waals surface area contributed by atoms with Crippen LogP contribution in [0.1, 0.15) is 37.2 Å². The summed E-state index contributed by atoms with van der Waals surface area (Å²) in [5.74, 6) is 0.0385. The number of carbonyl (C=O) groups excluding carboxylic acids is 1. The molecule has 0 radical (unpaired) electrons. The lowest BCUT2D eigenvalue weighted by atomic mass is 10.1. The number of aliphatic hydroxyl groups is 1. The Morgan fingerprint density at radius 2 is 2.04 bits per heavy atom. The van der Waals surface area contributed by atoms with Crippen LogP contribution in [0.5, 0.6) is 0 Å². The van der Waals surface area contributed by atoms with Gasteiger partial charge >= 0.3 is 0 Å². The fraction of sp³-hybridized carbons (Fsp3) is 0.500. The van der Waals surface area contributed by atoms with Crippen LogP contribution >= 0.6 is 0 Å². The van der Waals surface area contributed by atoms with Crippen LogP contribution in [0, 0.1) is 5.92 Å². The minimum absolute atomic E-state index is 0.0463. The maximum Gasteiger partial charge on any atom is 0.275 e. The van der Waals surface area contributed by atoms with Crippen molar-refractivity contribution in [1.29, 1.82) is 0 Å². The lowest BCUT2D eigenvalue weighted by molar-refractivity contribution is 0.0671. The van der Waals surface area contributed by atoms with E-state index >= 15 is 0 Å². The molecule has 1 aromatic carbocycles. The number of hydrogen-bond donors (Lipinski definition) is 1.